The molecule has 148 valence electrons. The maximum absolute atomic E-state index is 12.4. The molecule has 1 aromatic carbocycles. The van der Waals surface area contributed by atoms with E-state index in [1.807, 2.05) is 4.90 Å². The molecule has 0 atom stereocenters. The van der Waals surface area contributed by atoms with E-state index in [9.17, 15) is 9.59 Å². The molecule has 1 aromatic rings. The second-order valence-corrected chi connectivity index (χ2v) is 8.71. The summed E-state index contributed by atoms with van der Waals surface area (Å²) >= 11 is 0. The molecular weight excluding hydrogens is 340 g/mol. The zero-order chi connectivity index (χ0) is 19.4. The summed E-state index contributed by atoms with van der Waals surface area (Å²) < 4.78 is 0. The van der Waals surface area contributed by atoms with Gasteiger partial charge in [-0.25, -0.2) is 4.79 Å². The summed E-state index contributed by atoms with van der Waals surface area (Å²) in [5.41, 5.74) is 2.53. The number of hydrogen-bond acceptors (Lipinski definition) is 3. The molecule has 2 N–H and O–H groups in total. The number of piperazine rings is 1. The first-order valence-corrected chi connectivity index (χ1v) is 9.95. The molecule has 2 aliphatic rings. The summed E-state index contributed by atoms with van der Waals surface area (Å²) in [6.07, 6.45) is 2.22. The number of amides is 3. The Bertz CT molecular complexity index is 654. The third kappa shape index (κ3) is 5.96. The lowest BCUT2D eigenvalue weighted by atomic mass is 9.87. The molecule has 3 amide bonds. The van der Waals surface area contributed by atoms with E-state index in [1.54, 1.807) is 0 Å². The van der Waals surface area contributed by atoms with Crippen LogP contribution in [-0.4, -0.2) is 60.5 Å². The predicted octanol–water partition coefficient (Wildman–Crippen LogP) is 2.09. The topological polar surface area (TPSA) is 64.7 Å². The van der Waals surface area contributed by atoms with Gasteiger partial charge in [0.05, 0.1) is 6.54 Å². The van der Waals surface area contributed by atoms with Crippen LogP contribution in [0.15, 0.2) is 24.3 Å². The van der Waals surface area contributed by atoms with Crippen LogP contribution < -0.4 is 10.6 Å². The average Bonchev–Trinajstić information content (AvgIpc) is 3.43. The Kier molecular flexibility index (Phi) is 6.05. The van der Waals surface area contributed by atoms with E-state index in [1.165, 1.54) is 5.56 Å². The summed E-state index contributed by atoms with van der Waals surface area (Å²) in [7, 11) is 0. The number of nitrogens with zero attached hydrogens (tertiary/aromatic N) is 2. The van der Waals surface area contributed by atoms with E-state index in [-0.39, 0.29) is 17.4 Å². The molecule has 0 unspecified atom stereocenters. The molecule has 0 bridgehead atoms. The van der Waals surface area contributed by atoms with Gasteiger partial charge in [-0.1, -0.05) is 45.0 Å². The molecule has 0 aromatic heterocycles. The van der Waals surface area contributed by atoms with E-state index >= 15 is 0 Å². The fourth-order valence-corrected chi connectivity index (χ4v) is 3.23. The Hall–Kier alpha value is -2.08. The number of carbonyl (C=O) groups excluding carboxylic acids is 2. The van der Waals surface area contributed by atoms with Crippen molar-refractivity contribution in [1.82, 2.24) is 20.4 Å². The van der Waals surface area contributed by atoms with Gasteiger partial charge in [-0.3, -0.25) is 9.69 Å². The van der Waals surface area contributed by atoms with Crippen molar-refractivity contribution in [2.75, 3.05) is 32.7 Å². The van der Waals surface area contributed by atoms with Crippen molar-refractivity contribution >= 4 is 11.9 Å². The van der Waals surface area contributed by atoms with Crippen molar-refractivity contribution in [2.24, 2.45) is 0 Å². The van der Waals surface area contributed by atoms with Crippen molar-refractivity contribution < 1.29 is 9.59 Å². The van der Waals surface area contributed by atoms with Crippen LogP contribution in [0.5, 0.6) is 0 Å². The largest absolute Gasteiger partial charge is 0.352 e. The fraction of sp³-hybridized carbons (Fsp3) is 0.619. The summed E-state index contributed by atoms with van der Waals surface area (Å²) in [5, 5.41) is 6.02. The second kappa shape index (κ2) is 8.30. The molecule has 6 nitrogen and oxygen atoms in total. The summed E-state index contributed by atoms with van der Waals surface area (Å²) in [6.45, 7) is 10.4. The van der Waals surface area contributed by atoms with Crippen LogP contribution in [0.1, 0.15) is 44.7 Å². The highest BCUT2D eigenvalue weighted by Gasteiger charge is 2.26. The lowest BCUT2D eigenvalue weighted by Crippen LogP contribution is -2.53. The first kappa shape index (κ1) is 19.7. The molecular formula is C21H32N4O2. The van der Waals surface area contributed by atoms with Gasteiger partial charge in [0.1, 0.15) is 0 Å². The van der Waals surface area contributed by atoms with Gasteiger partial charge in [-0.15, -0.1) is 0 Å². The number of rotatable bonds is 5. The number of benzene rings is 1. The molecule has 2 fully saturated rings. The van der Waals surface area contributed by atoms with Crippen LogP contribution in [0.25, 0.3) is 0 Å². The zero-order valence-electron chi connectivity index (χ0n) is 16.8. The minimum absolute atomic E-state index is 0.0306. The molecule has 0 spiro atoms. The highest BCUT2D eigenvalue weighted by atomic mass is 16.2. The first-order chi connectivity index (χ1) is 12.8. The van der Waals surface area contributed by atoms with Crippen molar-refractivity contribution in [1.29, 1.82) is 0 Å². The third-order valence-corrected chi connectivity index (χ3v) is 5.23. The summed E-state index contributed by atoms with van der Waals surface area (Å²) in [5.74, 6) is 0.106. The molecule has 1 saturated heterocycles. The molecule has 3 rings (SSSR count). The van der Waals surface area contributed by atoms with Crippen LogP contribution in [-0.2, 0) is 16.8 Å². The Morgan fingerprint density at radius 1 is 1.04 bits per heavy atom. The quantitative estimate of drug-likeness (QED) is 0.832. The van der Waals surface area contributed by atoms with Crippen LogP contribution in [0.3, 0.4) is 0 Å². The van der Waals surface area contributed by atoms with E-state index in [4.69, 9.17) is 0 Å². The first-order valence-electron chi connectivity index (χ1n) is 9.95. The fourth-order valence-electron chi connectivity index (χ4n) is 3.23. The number of hydrogen-bond donors (Lipinski definition) is 2. The SMILES string of the molecule is CC(C)(C)c1ccc(CNC(=O)N2CCN(CC(=O)NC3CC3)CC2)cc1. The molecule has 1 saturated carbocycles. The second-order valence-electron chi connectivity index (χ2n) is 8.71. The highest BCUT2D eigenvalue weighted by molar-refractivity contribution is 5.78. The number of nitrogens with one attached hydrogen (secondary N) is 2. The summed E-state index contributed by atoms with van der Waals surface area (Å²) in [6, 6.07) is 8.80. The molecule has 1 aliphatic carbocycles. The van der Waals surface area contributed by atoms with Gasteiger partial charge in [-0.05, 0) is 29.4 Å². The van der Waals surface area contributed by atoms with Crippen molar-refractivity contribution in [3.63, 3.8) is 0 Å². The Morgan fingerprint density at radius 2 is 1.67 bits per heavy atom. The smallest absolute Gasteiger partial charge is 0.317 e. The average molecular weight is 373 g/mol. The molecule has 1 aliphatic heterocycles. The Balaban J connectivity index is 1.38. The lowest BCUT2D eigenvalue weighted by Gasteiger charge is -2.34. The van der Waals surface area contributed by atoms with E-state index in [2.05, 4.69) is 60.6 Å². The zero-order valence-corrected chi connectivity index (χ0v) is 16.8. The van der Waals surface area contributed by atoms with Gasteiger partial charge in [-0.2, -0.15) is 0 Å². The standard InChI is InChI=1S/C21H32N4O2/c1-21(2,3)17-6-4-16(5-7-17)14-22-20(27)25-12-10-24(11-13-25)15-19(26)23-18-8-9-18/h4-7,18H,8-15H2,1-3H3,(H,22,27)(H,23,26). The van der Waals surface area contributed by atoms with Crippen molar-refractivity contribution in [3.05, 3.63) is 35.4 Å². The lowest BCUT2D eigenvalue weighted by molar-refractivity contribution is -0.122. The Morgan fingerprint density at radius 3 is 2.22 bits per heavy atom. The molecule has 27 heavy (non-hydrogen) atoms. The molecule has 0 radical (unpaired) electrons. The third-order valence-electron chi connectivity index (χ3n) is 5.23. The van der Waals surface area contributed by atoms with Gasteiger partial charge < -0.3 is 15.5 Å². The van der Waals surface area contributed by atoms with Gasteiger partial charge in [0.15, 0.2) is 0 Å². The van der Waals surface area contributed by atoms with E-state index in [0.29, 0.717) is 32.2 Å². The minimum Gasteiger partial charge on any atom is -0.352 e. The van der Waals surface area contributed by atoms with Crippen LogP contribution in [0.2, 0.25) is 0 Å². The Labute approximate surface area is 162 Å². The van der Waals surface area contributed by atoms with Gasteiger partial charge in [0, 0.05) is 38.8 Å². The van der Waals surface area contributed by atoms with Crippen LogP contribution in [0.4, 0.5) is 4.79 Å². The number of carbonyl (C=O) groups is 2. The van der Waals surface area contributed by atoms with Gasteiger partial charge >= 0.3 is 6.03 Å². The molecule has 1 heterocycles. The monoisotopic (exact) mass is 372 g/mol. The normalized spacial score (nSPS) is 18.3. The predicted molar refractivity (Wildman–Crippen MR) is 107 cm³/mol. The van der Waals surface area contributed by atoms with E-state index in [0.717, 1.165) is 31.5 Å². The van der Waals surface area contributed by atoms with Crippen molar-refractivity contribution in [3.8, 4) is 0 Å². The number of urea groups is 1. The highest BCUT2D eigenvalue weighted by Crippen LogP contribution is 2.22. The maximum atomic E-state index is 12.4. The molecule has 6 heteroatoms. The summed E-state index contributed by atoms with van der Waals surface area (Å²) in [4.78, 5) is 28.2. The van der Waals surface area contributed by atoms with Gasteiger partial charge in [0.25, 0.3) is 0 Å². The van der Waals surface area contributed by atoms with Crippen LogP contribution in [0, 0.1) is 0 Å². The van der Waals surface area contributed by atoms with Crippen LogP contribution >= 0.6 is 0 Å². The van der Waals surface area contributed by atoms with Gasteiger partial charge in [0.2, 0.25) is 5.91 Å². The minimum atomic E-state index is -0.0306. The maximum Gasteiger partial charge on any atom is 0.317 e. The van der Waals surface area contributed by atoms with E-state index < -0.39 is 0 Å². The van der Waals surface area contributed by atoms with Crippen molar-refractivity contribution in [2.45, 2.75) is 51.6 Å².